The third kappa shape index (κ3) is 4.40. The number of nitrogens with zero attached hydrogens (tertiary/aromatic N) is 4. The van der Waals surface area contributed by atoms with Gasteiger partial charge in [0.2, 0.25) is 0 Å². The number of nitrogens with one attached hydrogen (secondary N) is 1. The van der Waals surface area contributed by atoms with Crippen LogP contribution in [0.3, 0.4) is 0 Å². The van der Waals surface area contributed by atoms with Crippen molar-refractivity contribution in [1.82, 2.24) is 9.97 Å². The van der Waals surface area contributed by atoms with Gasteiger partial charge in [-0.15, -0.1) is 0 Å². The lowest BCUT2D eigenvalue weighted by atomic mass is 10.1. The van der Waals surface area contributed by atoms with Crippen LogP contribution in [0.1, 0.15) is 12.0 Å². The minimum atomic E-state index is -0.977. The summed E-state index contributed by atoms with van der Waals surface area (Å²) < 4.78 is 5.47. The van der Waals surface area contributed by atoms with E-state index < -0.39 is 6.10 Å². The molecule has 2 amide bonds. The van der Waals surface area contributed by atoms with Gasteiger partial charge >= 0.3 is 6.03 Å². The van der Waals surface area contributed by atoms with Crippen LogP contribution in [0.25, 0.3) is 11.3 Å². The number of hydrogen-bond acceptors (Lipinski definition) is 7. The SMILES string of the molecule is Cc1cccc(-c2ccc3c(n2)N(C(=O)Nc2cc(OCC(O)CO)ccn2)[C@H]2CCN3C2)c1. The topological polar surface area (TPSA) is 111 Å². The normalized spacial score (nSPS) is 17.3. The van der Waals surface area contributed by atoms with E-state index >= 15 is 0 Å². The highest BCUT2D eigenvalue weighted by molar-refractivity contribution is 6.04. The highest BCUT2D eigenvalue weighted by atomic mass is 16.5. The molecule has 1 saturated heterocycles. The predicted molar refractivity (Wildman–Crippen MR) is 129 cm³/mol. The molecule has 9 heteroatoms. The Bertz CT molecular complexity index is 1200. The van der Waals surface area contributed by atoms with Gasteiger partial charge < -0.3 is 19.8 Å². The van der Waals surface area contributed by atoms with E-state index in [1.165, 1.54) is 6.20 Å². The summed E-state index contributed by atoms with van der Waals surface area (Å²) in [7, 11) is 0. The van der Waals surface area contributed by atoms with Crippen LogP contribution in [0.15, 0.2) is 54.7 Å². The van der Waals surface area contributed by atoms with Crippen molar-refractivity contribution in [3.63, 3.8) is 0 Å². The number of aromatic nitrogens is 2. The Balaban J connectivity index is 1.41. The first-order valence-electron chi connectivity index (χ1n) is 11.3. The van der Waals surface area contributed by atoms with Crippen LogP contribution in [0.2, 0.25) is 0 Å². The average molecular weight is 462 g/mol. The molecular formula is C25H27N5O4. The zero-order valence-electron chi connectivity index (χ0n) is 18.9. The summed E-state index contributed by atoms with van der Waals surface area (Å²) in [5.74, 6) is 1.41. The minimum Gasteiger partial charge on any atom is -0.491 e. The molecule has 2 bridgehead atoms. The molecule has 0 spiro atoms. The second kappa shape index (κ2) is 9.28. The molecule has 4 heterocycles. The van der Waals surface area contributed by atoms with E-state index in [9.17, 15) is 9.90 Å². The summed E-state index contributed by atoms with van der Waals surface area (Å²) in [6.07, 6.45) is 1.40. The van der Waals surface area contributed by atoms with E-state index in [0.29, 0.717) is 17.4 Å². The van der Waals surface area contributed by atoms with E-state index in [2.05, 4.69) is 21.3 Å². The number of aryl methyl sites for hydroxylation is 1. The largest absolute Gasteiger partial charge is 0.491 e. The van der Waals surface area contributed by atoms with Gasteiger partial charge in [-0.3, -0.25) is 10.2 Å². The van der Waals surface area contributed by atoms with E-state index in [1.807, 2.05) is 37.3 Å². The number of ether oxygens (including phenoxy) is 1. The van der Waals surface area contributed by atoms with Crippen molar-refractivity contribution < 1.29 is 19.7 Å². The van der Waals surface area contributed by atoms with Crippen molar-refractivity contribution >= 4 is 23.4 Å². The Morgan fingerprint density at radius 2 is 2.15 bits per heavy atom. The molecule has 3 N–H and O–H groups in total. The molecule has 9 nitrogen and oxygen atoms in total. The smallest absolute Gasteiger partial charge is 0.329 e. The van der Waals surface area contributed by atoms with Crippen LogP contribution in [-0.2, 0) is 0 Å². The summed E-state index contributed by atoms with van der Waals surface area (Å²) >= 11 is 0. The molecule has 2 aromatic heterocycles. The third-order valence-electron chi connectivity index (χ3n) is 6.10. The van der Waals surface area contributed by atoms with Crippen molar-refractivity contribution in [2.24, 2.45) is 0 Å². The van der Waals surface area contributed by atoms with Gasteiger partial charge in [0.15, 0.2) is 5.82 Å². The third-order valence-corrected chi connectivity index (χ3v) is 6.10. The van der Waals surface area contributed by atoms with Gasteiger partial charge in [-0.05, 0) is 37.6 Å². The number of fused-ring (bicyclic) bond motifs is 4. The highest BCUT2D eigenvalue weighted by Crippen LogP contribution is 2.40. The summed E-state index contributed by atoms with van der Waals surface area (Å²) in [4.78, 5) is 26.6. The Hall–Kier alpha value is -3.69. The van der Waals surface area contributed by atoms with Gasteiger partial charge in [0.05, 0.1) is 24.0 Å². The van der Waals surface area contributed by atoms with Crippen molar-refractivity contribution in [1.29, 1.82) is 0 Å². The maximum absolute atomic E-state index is 13.4. The Labute approximate surface area is 197 Å². The van der Waals surface area contributed by atoms with Crippen molar-refractivity contribution in [3.8, 4) is 17.0 Å². The number of aliphatic hydroxyl groups is 2. The monoisotopic (exact) mass is 461 g/mol. The number of pyridine rings is 2. The lowest BCUT2D eigenvalue weighted by molar-refractivity contribution is 0.0536. The minimum absolute atomic E-state index is 0.0203. The van der Waals surface area contributed by atoms with Crippen LogP contribution in [0.4, 0.5) is 22.1 Å². The molecule has 2 atom stereocenters. The lowest BCUT2D eigenvalue weighted by Gasteiger charge is -2.35. The molecule has 1 fully saturated rings. The zero-order chi connectivity index (χ0) is 23.7. The number of benzene rings is 1. The zero-order valence-corrected chi connectivity index (χ0v) is 18.9. The van der Waals surface area contributed by atoms with Crippen LogP contribution in [-0.4, -0.2) is 64.7 Å². The van der Waals surface area contributed by atoms with Gasteiger partial charge in [0.1, 0.15) is 24.3 Å². The van der Waals surface area contributed by atoms with Gasteiger partial charge in [0.25, 0.3) is 0 Å². The van der Waals surface area contributed by atoms with Crippen LogP contribution < -0.4 is 19.9 Å². The first-order chi connectivity index (χ1) is 16.5. The molecule has 0 aliphatic carbocycles. The fourth-order valence-corrected chi connectivity index (χ4v) is 4.42. The van der Waals surface area contributed by atoms with Crippen LogP contribution in [0.5, 0.6) is 5.75 Å². The van der Waals surface area contributed by atoms with Gasteiger partial charge in [-0.25, -0.2) is 14.8 Å². The van der Waals surface area contributed by atoms with E-state index in [4.69, 9.17) is 14.8 Å². The molecule has 0 radical (unpaired) electrons. The highest BCUT2D eigenvalue weighted by Gasteiger charge is 2.40. The molecule has 2 aliphatic rings. The molecule has 5 rings (SSSR count). The van der Waals surface area contributed by atoms with Crippen LogP contribution >= 0.6 is 0 Å². The molecule has 176 valence electrons. The fraction of sp³-hybridized carbons (Fsp3) is 0.320. The van der Waals surface area contributed by atoms with Crippen molar-refractivity contribution in [2.75, 3.05) is 41.4 Å². The number of rotatable bonds is 6. The Morgan fingerprint density at radius 1 is 1.26 bits per heavy atom. The molecule has 34 heavy (non-hydrogen) atoms. The Morgan fingerprint density at radius 3 is 2.97 bits per heavy atom. The number of anilines is 3. The molecular weight excluding hydrogens is 434 g/mol. The number of carbonyl (C=O) groups excluding carboxylic acids is 1. The van der Waals surface area contributed by atoms with E-state index in [-0.39, 0.29) is 25.3 Å². The number of urea groups is 1. The standard InChI is InChI=1S/C25H27N5O4/c1-16-3-2-4-17(11-16)21-5-6-22-24(27-21)30(18-8-10-29(22)13-18)25(33)28-23-12-20(7-9-26-23)34-15-19(32)14-31/h2-7,9,11-12,18-19,31-32H,8,10,13-15H2,1H3,(H,26,28,33)/t18-,19?/m0/s1. The molecule has 3 aromatic rings. The predicted octanol–water partition coefficient (Wildman–Crippen LogP) is 2.81. The molecule has 1 unspecified atom stereocenters. The molecule has 0 saturated carbocycles. The quantitative estimate of drug-likeness (QED) is 0.518. The fourth-order valence-electron chi connectivity index (χ4n) is 4.42. The first kappa shape index (κ1) is 22.1. The lowest BCUT2D eigenvalue weighted by Crippen LogP contribution is -2.48. The summed E-state index contributed by atoms with van der Waals surface area (Å²) in [6, 6.07) is 15.1. The van der Waals surface area contributed by atoms with E-state index in [0.717, 1.165) is 42.0 Å². The maximum atomic E-state index is 13.4. The van der Waals surface area contributed by atoms with Gasteiger partial charge in [-0.2, -0.15) is 0 Å². The summed E-state index contributed by atoms with van der Waals surface area (Å²) in [5, 5.41) is 21.3. The second-order valence-electron chi connectivity index (χ2n) is 8.62. The second-order valence-corrected chi connectivity index (χ2v) is 8.62. The first-order valence-corrected chi connectivity index (χ1v) is 11.3. The number of amides is 2. The molecule has 2 aliphatic heterocycles. The number of aliphatic hydroxyl groups excluding tert-OH is 2. The maximum Gasteiger partial charge on any atom is 0.329 e. The number of carbonyl (C=O) groups is 1. The average Bonchev–Trinajstić information content (AvgIpc) is 3.26. The van der Waals surface area contributed by atoms with Gasteiger partial charge in [-0.1, -0.05) is 23.8 Å². The number of hydrogen-bond donors (Lipinski definition) is 3. The van der Waals surface area contributed by atoms with Crippen LogP contribution in [0, 0.1) is 6.92 Å². The van der Waals surface area contributed by atoms with Gasteiger partial charge in [0, 0.05) is 30.9 Å². The van der Waals surface area contributed by atoms with Crippen molar-refractivity contribution in [2.45, 2.75) is 25.5 Å². The van der Waals surface area contributed by atoms with E-state index in [1.54, 1.807) is 17.0 Å². The van der Waals surface area contributed by atoms with Crippen molar-refractivity contribution in [3.05, 3.63) is 60.3 Å². The Kier molecular flexibility index (Phi) is 6.04. The summed E-state index contributed by atoms with van der Waals surface area (Å²) in [6.45, 7) is 3.24. The summed E-state index contributed by atoms with van der Waals surface area (Å²) in [5.41, 5.74) is 3.92. The molecule has 1 aromatic carbocycles.